The van der Waals surface area contributed by atoms with Crippen molar-refractivity contribution >= 4 is 26.8 Å². The highest BCUT2D eigenvalue weighted by molar-refractivity contribution is 7.89. The molecule has 0 radical (unpaired) electrons. The van der Waals surface area contributed by atoms with Gasteiger partial charge in [-0.25, -0.2) is 17.1 Å². The molecule has 1 atom stereocenters. The van der Waals surface area contributed by atoms with E-state index in [0.29, 0.717) is 43.8 Å². The molecule has 0 saturated carbocycles. The Morgan fingerprint density at radius 1 is 1.19 bits per heavy atom. The lowest BCUT2D eigenvalue weighted by atomic mass is 9.68. The predicted molar refractivity (Wildman–Crippen MR) is 134 cm³/mol. The molecule has 0 unspecified atom stereocenters. The van der Waals surface area contributed by atoms with Crippen LogP contribution in [0.4, 0.5) is 4.39 Å². The minimum absolute atomic E-state index is 0.0416. The standard InChI is InChI=1S/C26H30FN3O5S/c1-3-36(33,34)29-12-10-26(11-13-29)16-30(25(32)17-4-6-18(27)7-5-17)22(15-31)24-23(26)20-9-8-19(35-2)14-21(20)28-24/h4-9,14,22,28,31H,3,10-13,15-16H2,1-2H3/t22-/m0/s1. The normalized spacial score (nSPS) is 20.0. The number of nitrogens with zero attached hydrogens (tertiary/aromatic N) is 2. The number of nitrogens with one attached hydrogen (secondary N) is 1. The fourth-order valence-corrected chi connectivity index (χ4v) is 6.87. The van der Waals surface area contributed by atoms with Crippen molar-refractivity contribution in [2.24, 2.45) is 0 Å². The highest BCUT2D eigenvalue weighted by Crippen LogP contribution is 2.49. The van der Waals surface area contributed by atoms with Gasteiger partial charge in [-0.3, -0.25) is 4.79 Å². The van der Waals surface area contributed by atoms with E-state index in [0.717, 1.165) is 22.2 Å². The van der Waals surface area contributed by atoms with Crippen LogP contribution in [0, 0.1) is 5.82 Å². The zero-order valence-corrected chi connectivity index (χ0v) is 21.1. The van der Waals surface area contributed by atoms with Crippen molar-refractivity contribution in [1.29, 1.82) is 0 Å². The van der Waals surface area contributed by atoms with Gasteiger partial charge in [0.1, 0.15) is 11.6 Å². The first-order chi connectivity index (χ1) is 17.2. The quantitative estimate of drug-likeness (QED) is 0.543. The smallest absolute Gasteiger partial charge is 0.254 e. The summed E-state index contributed by atoms with van der Waals surface area (Å²) in [4.78, 5) is 18.7. The van der Waals surface area contributed by atoms with E-state index >= 15 is 0 Å². The second-order valence-corrected chi connectivity index (χ2v) is 11.8. The predicted octanol–water partition coefficient (Wildman–Crippen LogP) is 3.19. The largest absolute Gasteiger partial charge is 0.497 e. The lowest BCUT2D eigenvalue weighted by Crippen LogP contribution is -2.56. The van der Waals surface area contributed by atoms with Gasteiger partial charge in [-0.15, -0.1) is 0 Å². The number of carbonyl (C=O) groups excluding carboxylic acids is 1. The molecule has 0 bridgehead atoms. The average molecular weight is 516 g/mol. The Kier molecular flexibility index (Phi) is 6.30. The number of hydrogen-bond donors (Lipinski definition) is 2. The number of amides is 1. The molecule has 2 aromatic carbocycles. The van der Waals surface area contributed by atoms with E-state index in [1.165, 1.54) is 28.6 Å². The van der Waals surface area contributed by atoms with Crippen LogP contribution in [0.25, 0.3) is 10.9 Å². The maximum Gasteiger partial charge on any atom is 0.254 e. The summed E-state index contributed by atoms with van der Waals surface area (Å²) >= 11 is 0. The first-order valence-electron chi connectivity index (χ1n) is 12.1. The van der Waals surface area contributed by atoms with Crippen molar-refractivity contribution < 1.29 is 27.4 Å². The maximum atomic E-state index is 13.7. The van der Waals surface area contributed by atoms with E-state index in [1.54, 1.807) is 18.9 Å². The molecule has 1 amide bonds. The van der Waals surface area contributed by atoms with Crippen LogP contribution in [0.5, 0.6) is 5.75 Å². The van der Waals surface area contributed by atoms with Gasteiger partial charge in [0.2, 0.25) is 10.0 Å². The van der Waals surface area contributed by atoms with Gasteiger partial charge in [-0.1, -0.05) is 0 Å². The second kappa shape index (κ2) is 9.17. The number of methoxy groups -OCH3 is 1. The molecule has 10 heteroatoms. The summed E-state index contributed by atoms with van der Waals surface area (Å²) in [5.41, 5.74) is 2.42. The molecule has 2 aliphatic heterocycles. The van der Waals surface area contributed by atoms with Gasteiger partial charge in [0.05, 0.1) is 25.5 Å². The third kappa shape index (κ3) is 3.97. The van der Waals surface area contributed by atoms with Crippen molar-refractivity contribution in [1.82, 2.24) is 14.2 Å². The zero-order valence-electron chi connectivity index (χ0n) is 20.3. The Hall–Kier alpha value is -2.95. The highest BCUT2D eigenvalue weighted by Gasteiger charge is 2.49. The van der Waals surface area contributed by atoms with Crippen LogP contribution in [0.15, 0.2) is 42.5 Å². The lowest BCUT2D eigenvalue weighted by Gasteiger charge is -2.50. The molecule has 1 spiro atoms. The Morgan fingerprint density at radius 2 is 1.89 bits per heavy atom. The average Bonchev–Trinajstić information content (AvgIpc) is 3.28. The molecule has 36 heavy (non-hydrogen) atoms. The monoisotopic (exact) mass is 515 g/mol. The number of halogens is 1. The summed E-state index contributed by atoms with van der Waals surface area (Å²) in [5.74, 6) is -0.0191. The summed E-state index contributed by atoms with van der Waals surface area (Å²) < 4.78 is 45.6. The minimum atomic E-state index is -3.33. The Labute approximate surface area is 209 Å². The van der Waals surface area contributed by atoms with Crippen LogP contribution >= 0.6 is 0 Å². The van der Waals surface area contributed by atoms with Gasteiger partial charge >= 0.3 is 0 Å². The summed E-state index contributed by atoms with van der Waals surface area (Å²) in [6, 6.07) is 10.5. The molecule has 3 heterocycles. The van der Waals surface area contributed by atoms with E-state index in [9.17, 15) is 22.7 Å². The number of rotatable bonds is 5. The van der Waals surface area contributed by atoms with Crippen LogP contribution in [0.1, 0.15) is 47.4 Å². The molecule has 5 rings (SSSR count). The zero-order chi connectivity index (χ0) is 25.7. The fourth-order valence-electron chi connectivity index (χ4n) is 5.76. The van der Waals surface area contributed by atoms with Crippen molar-refractivity contribution in [2.75, 3.05) is 39.1 Å². The van der Waals surface area contributed by atoms with Gasteiger partial charge in [-0.2, -0.15) is 0 Å². The fraction of sp³-hybridized carbons (Fsp3) is 0.423. The number of aromatic amines is 1. The van der Waals surface area contributed by atoms with Crippen molar-refractivity contribution in [2.45, 2.75) is 31.2 Å². The van der Waals surface area contributed by atoms with E-state index in [4.69, 9.17) is 4.74 Å². The lowest BCUT2D eigenvalue weighted by molar-refractivity contribution is 0.0387. The SMILES string of the molecule is CCS(=O)(=O)N1CCC2(CC1)CN(C(=O)c1ccc(F)cc1)[C@@H](CO)c1[nH]c3cc(OC)ccc3c12. The van der Waals surface area contributed by atoms with Gasteiger partial charge in [-0.05, 0) is 61.7 Å². The number of carbonyl (C=O) groups is 1. The number of hydrogen-bond acceptors (Lipinski definition) is 5. The Bertz CT molecular complexity index is 1390. The summed E-state index contributed by atoms with van der Waals surface area (Å²) in [5, 5.41) is 11.4. The molecule has 192 valence electrons. The van der Waals surface area contributed by atoms with Crippen molar-refractivity contribution in [3.8, 4) is 5.75 Å². The number of aliphatic hydroxyl groups is 1. The van der Waals surface area contributed by atoms with Crippen LogP contribution in [-0.4, -0.2) is 72.7 Å². The Morgan fingerprint density at radius 3 is 2.50 bits per heavy atom. The molecule has 1 saturated heterocycles. The third-order valence-corrected chi connectivity index (χ3v) is 9.59. The summed E-state index contributed by atoms with van der Waals surface area (Å²) in [6.07, 6.45) is 1.06. The summed E-state index contributed by atoms with van der Waals surface area (Å²) in [6.45, 7) is 2.36. The molecule has 3 aromatic rings. The second-order valence-electron chi connectivity index (χ2n) is 9.54. The Balaban J connectivity index is 1.63. The van der Waals surface area contributed by atoms with E-state index in [-0.39, 0.29) is 18.3 Å². The minimum Gasteiger partial charge on any atom is -0.497 e. The van der Waals surface area contributed by atoms with Gasteiger partial charge < -0.3 is 19.7 Å². The van der Waals surface area contributed by atoms with Gasteiger partial charge in [0.25, 0.3) is 5.91 Å². The molecule has 2 N–H and O–H groups in total. The van der Waals surface area contributed by atoms with Crippen molar-refractivity contribution in [3.63, 3.8) is 0 Å². The summed E-state index contributed by atoms with van der Waals surface area (Å²) in [7, 11) is -1.74. The molecule has 0 aliphatic carbocycles. The van der Waals surface area contributed by atoms with Crippen LogP contribution in [0.3, 0.4) is 0 Å². The molecular weight excluding hydrogens is 485 g/mol. The van der Waals surface area contributed by atoms with Gasteiger partial charge in [0.15, 0.2) is 0 Å². The van der Waals surface area contributed by atoms with Gasteiger partial charge in [0, 0.05) is 53.3 Å². The van der Waals surface area contributed by atoms with Crippen LogP contribution in [-0.2, 0) is 15.4 Å². The number of H-pyrrole nitrogens is 1. The van der Waals surface area contributed by atoms with E-state index in [1.807, 2.05) is 18.2 Å². The molecule has 1 aromatic heterocycles. The van der Waals surface area contributed by atoms with E-state index in [2.05, 4.69) is 4.98 Å². The maximum absolute atomic E-state index is 13.7. The number of sulfonamides is 1. The number of aromatic nitrogens is 1. The first-order valence-corrected chi connectivity index (χ1v) is 13.7. The highest BCUT2D eigenvalue weighted by atomic mass is 32.2. The van der Waals surface area contributed by atoms with E-state index < -0.39 is 27.3 Å². The van der Waals surface area contributed by atoms with Crippen LogP contribution < -0.4 is 4.74 Å². The number of ether oxygens (including phenoxy) is 1. The molecular formula is C26H30FN3O5S. The molecule has 2 aliphatic rings. The topological polar surface area (TPSA) is 103 Å². The number of aliphatic hydroxyl groups excluding tert-OH is 1. The first kappa shape index (κ1) is 24.7. The number of fused-ring (bicyclic) bond motifs is 4. The van der Waals surface area contributed by atoms with Crippen molar-refractivity contribution in [3.05, 3.63) is 65.1 Å². The molecule has 1 fully saturated rings. The van der Waals surface area contributed by atoms with Crippen LogP contribution in [0.2, 0.25) is 0 Å². The number of benzene rings is 2. The molecule has 8 nitrogen and oxygen atoms in total. The third-order valence-electron chi connectivity index (χ3n) is 7.71. The number of piperidine rings is 1.